The quantitative estimate of drug-likeness (QED) is 0.377. The number of benzene rings is 1. The first-order valence-corrected chi connectivity index (χ1v) is 9.31. The summed E-state index contributed by atoms with van der Waals surface area (Å²) in [6.07, 6.45) is 1.60. The molecule has 10 heteroatoms. The predicted octanol–water partition coefficient (Wildman–Crippen LogP) is 3.51. The molecule has 31 heavy (non-hydrogen) atoms. The molecule has 0 aliphatic rings. The van der Waals surface area contributed by atoms with Gasteiger partial charge in [0.2, 0.25) is 0 Å². The van der Waals surface area contributed by atoms with E-state index < -0.39 is 22.5 Å². The van der Waals surface area contributed by atoms with E-state index in [2.05, 4.69) is 20.1 Å². The van der Waals surface area contributed by atoms with E-state index in [4.69, 9.17) is 0 Å². The summed E-state index contributed by atoms with van der Waals surface area (Å²) in [5.74, 6) is -0.611. The van der Waals surface area contributed by atoms with Gasteiger partial charge in [-0.05, 0) is 18.2 Å². The van der Waals surface area contributed by atoms with Crippen LogP contribution in [0.1, 0.15) is 47.2 Å². The Bertz CT molecular complexity index is 1150. The van der Waals surface area contributed by atoms with Gasteiger partial charge in [-0.1, -0.05) is 26.8 Å². The molecule has 160 valence electrons. The average Bonchev–Trinajstić information content (AvgIpc) is 3.17. The minimum Gasteiger partial charge on any atom is -0.465 e. The average molecular weight is 423 g/mol. The van der Waals surface area contributed by atoms with Crippen LogP contribution < -0.4 is 5.32 Å². The van der Waals surface area contributed by atoms with Crippen LogP contribution in [-0.4, -0.2) is 38.7 Å². The first-order chi connectivity index (χ1) is 14.6. The van der Waals surface area contributed by atoms with Gasteiger partial charge < -0.3 is 10.1 Å². The lowest BCUT2D eigenvalue weighted by Gasteiger charge is -2.13. The summed E-state index contributed by atoms with van der Waals surface area (Å²) in [5.41, 5.74) is -0.163. The smallest absolute Gasteiger partial charge is 0.338 e. The molecule has 0 radical (unpaired) electrons. The molecule has 1 amide bonds. The molecule has 0 fully saturated rings. The van der Waals surface area contributed by atoms with Crippen molar-refractivity contribution in [2.24, 2.45) is 0 Å². The van der Waals surface area contributed by atoms with E-state index in [1.54, 1.807) is 30.5 Å². The van der Waals surface area contributed by atoms with Crippen molar-refractivity contribution in [3.63, 3.8) is 0 Å². The van der Waals surface area contributed by atoms with Crippen molar-refractivity contribution >= 4 is 23.4 Å². The summed E-state index contributed by atoms with van der Waals surface area (Å²) in [5, 5.41) is 18.5. The van der Waals surface area contributed by atoms with Crippen LogP contribution >= 0.6 is 0 Å². The lowest BCUT2D eigenvalue weighted by Crippen LogP contribution is -2.17. The molecule has 0 aliphatic carbocycles. The van der Waals surface area contributed by atoms with Crippen LogP contribution in [0.2, 0.25) is 0 Å². The van der Waals surface area contributed by atoms with Gasteiger partial charge in [0.1, 0.15) is 5.82 Å². The molecule has 1 aromatic carbocycles. The number of hydrogen-bond donors (Lipinski definition) is 1. The number of ether oxygens (including phenoxy) is 1. The van der Waals surface area contributed by atoms with E-state index in [1.165, 1.54) is 10.7 Å². The lowest BCUT2D eigenvalue weighted by molar-refractivity contribution is -0.384. The van der Waals surface area contributed by atoms with Gasteiger partial charge in [0.15, 0.2) is 5.82 Å². The molecule has 3 aromatic rings. The number of nitro groups is 1. The Kier molecular flexibility index (Phi) is 5.82. The van der Waals surface area contributed by atoms with Gasteiger partial charge in [0.25, 0.3) is 11.6 Å². The van der Waals surface area contributed by atoms with Gasteiger partial charge in [-0.25, -0.2) is 9.78 Å². The fraction of sp³-hybridized carbons (Fsp3) is 0.238. The van der Waals surface area contributed by atoms with Crippen molar-refractivity contribution in [3.05, 3.63) is 75.6 Å². The standard InChI is InChI=1S/C21H21N5O5/c1-21(2,3)16-12-18(25(24-16)17-7-5-6-8-22-17)23-19(27)13-9-14(20(28)31-4)11-15(10-13)26(29)30/h5-12H,1-4H3,(H,23,27). The van der Waals surface area contributed by atoms with E-state index >= 15 is 0 Å². The summed E-state index contributed by atoms with van der Waals surface area (Å²) in [4.78, 5) is 39.7. The summed E-state index contributed by atoms with van der Waals surface area (Å²) in [6, 6.07) is 10.4. The zero-order valence-electron chi connectivity index (χ0n) is 17.4. The Labute approximate surface area is 178 Å². The van der Waals surface area contributed by atoms with Crippen molar-refractivity contribution in [1.82, 2.24) is 14.8 Å². The van der Waals surface area contributed by atoms with Crippen LogP contribution in [-0.2, 0) is 10.2 Å². The van der Waals surface area contributed by atoms with Crippen molar-refractivity contribution in [1.29, 1.82) is 0 Å². The summed E-state index contributed by atoms with van der Waals surface area (Å²) >= 11 is 0. The van der Waals surface area contributed by atoms with Crippen LogP contribution in [0.3, 0.4) is 0 Å². The highest BCUT2D eigenvalue weighted by atomic mass is 16.6. The molecular formula is C21H21N5O5. The number of carbonyl (C=O) groups is 2. The molecule has 10 nitrogen and oxygen atoms in total. The minimum absolute atomic E-state index is 0.0688. The van der Waals surface area contributed by atoms with Gasteiger partial charge in [0.05, 0.1) is 23.3 Å². The number of aromatic nitrogens is 3. The van der Waals surface area contributed by atoms with Crippen molar-refractivity contribution < 1.29 is 19.2 Å². The van der Waals surface area contributed by atoms with Gasteiger partial charge in [0, 0.05) is 35.4 Å². The Morgan fingerprint density at radius 2 is 1.84 bits per heavy atom. The Morgan fingerprint density at radius 1 is 1.13 bits per heavy atom. The second-order valence-electron chi connectivity index (χ2n) is 7.74. The van der Waals surface area contributed by atoms with Gasteiger partial charge in [-0.15, -0.1) is 0 Å². The number of esters is 1. The van der Waals surface area contributed by atoms with E-state index in [1.807, 2.05) is 20.8 Å². The van der Waals surface area contributed by atoms with Crippen LogP contribution in [0.4, 0.5) is 11.5 Å². The number of carbonyl (C=O) groups excluding carboxylic acids is 2. The largest absolute Gasteiger partial charge is 0.465 e. The third kappa shape index (κ3) is 4.74. The molecule has 0 bridgehead atoms. The summed E-state index contributed by atoms with van der Waals surface area (Å²) in [7, 11) is 1.15. The summed E-state index contributed by atoms with van der Waals surface area (Å²) in [6.45, 7) is 5.94. The highest BCUT2D eigenvalue weighted by molar-refractivity contribution is 6.06. The monoisotopic (exact) mass is 423 g/mol. The number of methoxy groups -OCH3 is 1. The van der Waals surface area contributed by atoms with Gasteiger partial charge >= 0.3 is 5.97 Å². The zero-order chi connectivity index (χ0) is 22.8. The Morgan fingerprint density at radius 3 is 2.42 bits per heavy atom. The normalized spacial score (nSPS) is 11.1. The molecule has 0 spiro atoms. The molecule has 3 rings (SSSR count). The maximum absolute atomic E-state index is 12.9. The van der Waals surface area contributed by atoms with E-state index in [9.17, 15) is 19.7 Å². The zero-order valence-corrected chi connectivity index (χ0v) is 17.4. The van der Waals surface area contributed by atoms with E-state index in [0.29, 0.717) is 17.3 Å². The molecular weight excluding hydrogens is 402 g/mol. The maximum atomic E-state index is 12.9. The number of rotatable bonds is 5. The fourth-order valence-electron chi connectivity index (χ4n) is 2.76. The van der Waals surface area contributed by atoms with Crippen molar-refractivity contribution in [3.8, 4) is 5.82 Å². The maximum Gasteiger partial charge on any atom is 0.338 e. The number of pyridine rings is 1. The van der Waals surface area contributed by atoms with Crippen LogP contribution in [0.5, 0.6) is 0 Å². The topological polar surface area (TPSA) is 129 Å². The van der Waals surface area contributed by atoms with Crippen molar-refractivity contribution in [2.75, 3.05) is 12.4 Å². The number of amides is 1. The molecule has 0 saturated carbocycles. The second-order valence-corrected chi connectivity index (χ2v) is 7.74. The number of anilines is 1. The fourth-order valence-corrected chi connectivity index (χ4v) is 2.76. The third-order valence-corrected chi connectivity index (χ3v) is 4.40. The Balaban J connectivity index is 2.04. The molecule has 2 aromatic heterocycles. The minimum atomic E-state index is -0.786. The van der Waals surface area contributed by atoms with Crippen LogP contribution in [0.15, 0.2) is 48.7 Å². The number of nitrogens with one attached hydrogen (secondary N) is 1. The highest BCUT2D eigenvalue weighted by Crippen LogP contribution is 2.26. The Hall–Kier alpha value is -4.08. The number of hydrogen-bond acceptors (Lipinski definition) is 7. The molecule has 0 aliphatic heterocycles. The van der Waals surface area contributed by atoms with E-state index in [0.717, 1.165) is 19.2 Å². The SMILES string of the molecule is COC(=O)c1cc(C(=O)Nc2cc(C(C)(C)C)nn2-c2ccccn2)cc([N+](=O)[O-])c1. The van der Waals surface area contributed by atoms with E-state index in [-0.39, 0.29) is 16.5 Å². The first kappa shape index (κ1) is 21.6. The van der Waals surface area contributed by atoms with Gasteiger partial charge in [-0.3, -0.25) is 14.9 Å². The summed E-state index contributed by atoms with van der Waals surface area (Å²) < 4.78 is 6.11. The lowest BCUT2D eigenvalue weighted by atomic mass is 9.92. The predicted molar refractivity (Wildman–Crippen MR) is 112 cm³/mol. The highest BCUT2D eigenvalue weighted by Gasteiger charge is 2.23. The molecule has 0 atom stereocenters. The second kappa shape index (κ2) is 8.34. The molecule has 0 unspecified atom stereocenters. The molecule has 1 N–H and O–H groups in total. The molecule has 0 saturated heterocycles. The number of non-ortho nitro benzene ring substituents is 1. The van der Waals surface area contributed by atoms with Crippen LogP contribution in [0, 0.1) is 10.1 Å². The molecule has 2 heterocycles. The number of nitro benzene ring substituents is 1. The van der Waals surface area contributed by atoms with Gasteiger partial charge in [-0.2, -0.15) is 9.78 Å². The third-order valence-electron chi connectivity index (χ3n) is 4.40. The first-order valence-electron chi connectivity index (χ1n) is 9.31. The number of nitrogens with zero attached hydrogens (tertiary/aromatic N) is 4. The van der Waals surface area contributed by atoms with Crippen LogP contribution in [0.25, 0.3) is 5.82 Å². The van der Waals surface area contributed by atoms with Crippen molar-refractivity contribution in [2.45, 2.75) is 26.2 Å².